The average Bonchev–Trinajstić information content (AvgIpc) is 2.96. The second-order valence-corrected chi connectivity index (χ2v) is 6.87. The molecule has 2 aromatic rings. The van der Waals surface area contributed by atoms with Crippen LogP contribution in [0.3, 0.4) is 0 Å². The predicted molar refractivity (Wildman–Crippen MR) is 95.8 cm³/mol. The maximum absolute atomic E-state index is 11.5. The molecule has 1 heterocycles. The van der Waals surface area contributed by atoms with Gasteiger partial charge < -0.3 is 10.1 Å². The van der Waals surface area contributed by atoms with Crippen LogP contribution in [0.15, 0.2) is 34.9 Å². The summed E-state index contributed by atoms with van der Waals surface area (Å²) in [6.07, 6.45) is 3.64. The van der Waals surface area contributed by atoms with Crippen LogP contribution in [0.4, 0.5) is 10.7 Å². The van der Waals surface area contributed by atoms with Crippen molar-refractivity contribution >= 4 is 28.0 Å². The first-order chi connectivity index (χ1) is 11.0. The van der Waals surface area contributed by atoms with Crippen LogP contribution in [-0.2, 0) is 0 Å². The van der Waals surface area contributed by atoms with Crippen molar-refractivity contribution in [3.8, 4) is 11.3 Å². The van der Waals surface area contributed by atoms with Gasteiger partial charge in [-0.05, 0) is 24.5 Å². The second kappa shape index (κ2) is 8.15. The molecule has 0 radical (unpaired) electrons. The topological polar surface area (TPSA) is 69.2 Å². The van der Waals surface area contributed by atoms with Crippen LogP contribution >= 0.6 is 15.9 Å². The molecule has 2 N–H and O–H groups in total. The van der Waals surface area contributed by atoms with Gasteiger partial charge in [-0.15, -0.1) is 0 Å². The number of carboxylic acid groups (broad SMARTS) is 1. The lowest BCUT2D eigenvalue weighted by Gasteiger charge is -2.16. The van der Waals surface area contributed by atoms with E-state index in [1.54, 1.807) is 6.20 Å². The van der Waals surface area contributed by atoms with Crippen molar-refractivity contribution in [2.75, 3.05) is 11.4 Å². The van der Waals surface area contributed by atoms with E-state index in [-0.39, 0.29) is 0 Å². The first-order valence-electron chi connectivity index (χ1n) is 7.78. The van der Waals surface area contributed by atoms with Crippen LogP contribution in [0.25, 0.3) is 11.3 Å². The summed E-state index contributed by atoms with van der Waals surface area (Å²) < 4.78 is 0.968. The molecule has 2 rings (SSSR count). The van der Waals surface area contributed by atoms with Gasteiger partial charge in [0.15, 0.2) is 0 Å². The Labute approximate surface area is 144 Å². The van der Waals surface area contributed by atoms with E-state index in [1.807, 2.05) is 24.3 Å². The van der Waals surface area contributed by atoms with Gasteiger partial charge in [-0.3, -0.25) is 0 Å². The Hall–Kier alpha value is -1.82. The summed E-state index contributed by atoms with van der Waals surface area (Å²) in [6, 6.07) is 7.79. The van der Waals surface area contributed by atoms with Crippen molar-refractivity contribution in [1.29, 1.82) is 0 Å². The highest BCUT2D eigenvalue weighted by Crippen LogP contribution is 2.23. The summed E-state index contributed by atoms with van der Waals surface area (Å²) >= 11 is 3.43. The number of unbranched alkanes of at least 4 members (excludes halogenated alkanes) is 1. The monoisotopic (exact) mass is 379 g/mol. The number of imidazole rings is 1. The Balaban J connectivity index is 2.07. The SMILES string of the molecule is CC(C)CCCCN(C(=O)O)c1ncc(-c2cccc(Br)c2)[nH]1. The number of amides is 1. The van der Waals surface area contributed by atoms with E-state index in [2.05, 4.69) is 39.7 Å². The number of anilines is 1. The molecule has 1 aromatic heterocycles. The molecule has 0 unspecified atom stereocenters. The van der Waals surface area contributed by atoms with E-state index in [0.29, 0.717) is 18.4 Å². The molecule has 0 atom stereocenters. The van der Waals surface area contributed by atoms with Crippen LogP contribution < -0.4 is 4.90 Å². The molecule has 0 fully saturated rings. The molecule has 0 saturated heterocycles. The minimum atomic E-state index is -0.982. The highest BCUT2D eigenvalue weighted by atomic mass is 79.9. The molecule has 0 bridgehead atoms. The molecule has 1 amide bonds. The summed E-state index contributed by atoms with van der Waals surface area (Å²) in [4.78, 5) is 20.1. The van der Waals surface area contributed by atoms with Crippen molar-refractivity contribution in [2.45, 2.75) is 33.1 Å². The van der Waals surface area contributed by atoms with Crippen LogP contribution in [-0.4, -0.2) is 27.7 Å². The number of rotatable bonds is 7. The van der Waals surface area contributed by atoms with Crippen molar-refractivity contribution in [3.05, 3.63) is 34.9 Å². The van der Waals surface area contributed by atoms with Gasteiger partial charge >= 0.3 is 6.09 Å². The Bertz CT molecular complexity index is 655. The van der Waals surface area contributed by atoms with Gasteiger partial charge in [0.05, 0.1) is 11.9 Å². The standard InChI is InChI=1S/C17H22BrN3O2/c1-12(2)6-3-4-9-21(17(22)23)16-19-11-15(20-16)13-7-5-8-14(18)10-13/h5,7-8,10-12H,3-4,6,9H2,1-2H3,(H,19,20)(H,22,23). The van der Waals surface area contributed by atoms with Gasteiger partial charge in [0.25, 0.3) is 0 Å². The van der Waals surface area contributed by atoms with E-state index in [0.717, 1.165) is 35.0 Å². The molecule has 5 nitrogen and oxygen atoms in total. The van der Waals surface area contributed by atoms with Crippen LogP contribution in [0.2, 0.25) is 0 Å². The number of hydrogen-bond acceptors (Lipinski definition) is 2. The summed E-state index contributed by atoms with van der Waals surface area (Å²) in [5, 5.41) is 9.42. The minimum absolute atomic E-state index is 0.372. The minimum Gasteiger partial charge on any atom is -0.465 e. The van der Waals surface area contributed by atoms with Gasteiger partial charge in [-0.25, -0.2) is 14.7 Å². The molecule has 6 heteroatoms. The normalized spacial score (nSPS) is 11.0. The van der Waals surface area contributed by atoms with E-state index in [4.69, 9.17) is 0 Å². The summed E-state index contributed by atoms with van der Waals surface area (Å²) in [6.45, 7) is 4.80. The number of carbonyl (C=O) groups is 1. The summed E-state index contributed by atoms with van der Waals surface area (Å²) in [7, 11) is 0. The number of aromatic amines is 1. The largest absolute Gasteiger partial charge is 0.465 e. The number of halogens is 1. The lowest BCUT2D eigenvalue weighted by molar-refractivity contribution is 0.201. The molecule has 1 aromatic carbocycles. The first kappa shape index (κ1) is 17.5. The van der Waals surface area contributed by atoms with Gasteiger partial charge in [0, 0.05) is 16.6 Å². The zero-order valence-electron chi connectivity index (χ0n) is 13.4. The molecular weight excluding hydrogens is 358 g/mol. The quantitative estimate of drug-likeness (QED) is 0.653. The number of aromatic nitrogens is 2. The lowest BCUT2D eigenvalue weighted by Crippen LogP contribution is -2.31. The summed E-state index contributed by atoms with van der Waals surface area (Å²) in [5.74, 6) is 1.01. The Kier molecular flexibility index (Phi) is 6.21. The van der Waals surface area contributed by atoms with Gasteiger partial charge in [0.1, 0.15) is 0 Å². The fourth-order valence-electron chi connectivity index (χ4n) is 2.37. The first-order valence-corrected chi connectivity index (χ1v) is 8.58. The van der Waals surface area contributed by atoms with Gasteiger partial charge in [-0.1, -0.05) is 54.8 Å². The third kappa shape index (κ3) is 5.10. The molecule has 124 valence electrons. The van der Waals surface area contributed by atoms with Crippen molar-refractivity contribution in [3.63, 3.8) is 0 Å². The number of H-pyrrole nitrogens is 1. The Morgan fingerprint density at radius 3 is 2.83 bits per heavy atom. The van der Waals surface area contributed by atoms with E-state index >= 15 is 0 Å². The average molecular weight is 380 g/mol. The van der Waals surface area contributed by atoms with Crippen molar-refractivity contribution in [2.24, 2.45) is 5.92 Å². The van der Waals surface area contributed by atoms with E-state index < -0.39 is 6.09 Å². The van der Waals surface area contributed by atoms with Crippen molar-refractivity contribution < 1.29 is 9.90 Å². The zero-order chi connectivity index (χ0) is 16.8. The predicted octanol–water partition coefficient (Wildman–Crippen LogP) is 5.15. The van der Waals surface area contributed by atoms with E-state index in [1.165, 1.54) is 4.90 Å². The maximum atomic E-state index is 11.5. The third-order valence-electron chi connectivity index (χ3n) is 3.60. The van der Waals surface area contributed by atoms with Crippen LogP contribution in [0, 0.1) is 5.92 Å². The molecular formula is C17H22BrN3O2. The van der Waals surface area contributed by atoms with Gasteiger partial charge in [-0.2, -0.15) is 0 Å². The molecule has 0 aliphatic rings. The Morgan fingerprint density at radius 1 is 1.39 bits per heavy atom. The third-order valence-corrected chi connectivity index (χ3v) is 4.09. The molecule has 0 saturated carbocycles. The highest BCUT2D eigenvalue weighted by Gasteiger charge is 2.17. The Morgan fingerprint density at radius 2 is 2.17 bits per heavy atom. The van der Waals surface area contributed by atoms with E-state index in [9.17, 15) is 9.90 Å². The number of nitrogens with zero attached hydrogens (tertiary/aromatic N) is 2. The molecule has 0 spiro atoms. The summed E-state index contributed by atoms with van der Waals surface area (Å²) in [5.41, 5.74) is 1.76. The fourth-order valence-corrected chi connectivity index (χ4v) is 2.76. The van der Waals surface area contributed by atoms with Crippen LogP contribution in [0.1, 0.15) is 33.1 Å². The molecule has 0 aliphatic carbocycles. The lowest BCUT2D eigenvalue weighted by atomic mass is 10.1. The molecule has 23 heavy (non-hydrogen) atoms. The fraction of sp³-hybridized carbons (Fsp3) is 0.412. The number of benzene rings is 1. The van der Waals surface area contributed by atoms with Crippen LogP contribution in [0.5, 0.6) is 0 Å². The number of nitrogens with one attached hydrogen (secondary N) is 1. The van der Waals surface area contributed by atoms with Crippen molar-refractivity contribution in [1.82, 2.24) is 9.97 Å². The maximum Gasteiger partial charge on any atom is 0.414 e. The highest BCUT2D eigenvalue weighted by molar-refractivity contribution is 9.10. The van der Waals surface area contributed by atoms with Gasteiger partial charge in [0.2, 0.25) is 5.95 Å². The number of hydrogen-bond donors (Lipinski definition) is 2. The zero-order valence-corrected chi connectivity index (χ0v) is 15.0. The second-order valence-electron chi connectivity index (χ2n) is 5.95. The molecule has 0 aliphatic heterocycles. The smallest absolute Gasteiger partial charge is 0.414 e.